The van der Waals surface area contributed by atoms with E-state index in [1.165, 1.54) is 16.8 Å². The smallest absolute Gasteiger partial charge is 0.267 e. The average Bonchev–Trinajstić information content (AvgIpc) is 2.74. The number of nitrogens with two attached hydrogens (primary N) is 1. The Morgan fingerprint density at radius 1 is 1.13 bits per heavy atom. The highest BCUT2D eigenvalue weighted by molar-refractivity contribution is 6.35. The molecule has 0 aliphatic rings. The fourth-order valence-corrected chi connectivity index (χ4v) is 3.78. The lowest BCUT2D eigenvalue weighted by atomic mass is 10.1. The lowest BCUT2D eigenvalue weighted by molar-refractivity contribution is 0.100. The van der Waals surface area contributed by atoms with Crippen LogP contribution < -0.4 is 16.6 Å². The third kappa shape index (κ3) is 3.97. The lowest BCUT2D eigenvalue weighted by Crippen LogP contribution is -2.28. The predicted molar refractivity (Wildman–Crippen MR) is 122 cm³/mol. The number of aromatic nitrogens is 3. The van der Waals surface area contributed by atoms with Gasteiger partial charge >= 0.3 is 0 Å². The van der Waals surface area contributed by atoms with E-state index in [1.54, 1.807) is 30.3 Å². The molecule has 0 radical (unpaired) electrons. The van der Waals surface area contributed by atoms with Crippen molar-refractivity contribution >= 4 is 45.7 Å². The molecule has 3 N–H and O–H groups in total. The van der Waals surface area contributed by atoms with Gasteiger partial charge in [-0.15, -0.1) is 0 Å². The Hall–Kier alpha value is -3.42. The normalized spacial score (nSPS) is 12.0. The van der Waals surface area contributed by atoms with Gasteiger partial charge in [0, 0.05) is 6.20 Å². The number of pyridine rings is 1. The highest BCUT2D eigenvalue weighted by Crippen LogP contribution is 2.26. The van der Waals surface area contributed by atoms with Gasteiger partial charge in [-0.2, -0.15) is 0 Å². The number of anilines is 1. The Bertz CT molecular complexity index is 1360. The molecule has 0 unspecified atom stereocenters. The summed E-state index contributed by atoms with van der Waals surface area (Å²) < 4.78 is 1.50. The Labute approximate surface area is 187 Å². The van der Waals surface area contributed by atoms with Gasteiger partial charge in [-0.1, -0.05) is 47.5 Å². The molecule has 4 rings (SSSR count). The minimum atomic E-state index is -0.655. The van der Waals surface area contributed by atoms with Gasteiger partial charge in [-0.05, 0) is 37.3 Å². The second kappa shape index (κ2) is 8.37. The summed E-state index contributed by atoms with van der Waals surface area (Å²) in [5.74, 6) is -0.230. The Kier molecular flexibility index (Phi) is 5.63. The number of primary amides is 1. The molecule has 4 aromatic rings. The molecule has 2 aromatic carbocycles. The van der Waals surface area contributed by atoms with E-state index in [4.69, 9.17) is 33.9 Å². The van der Waals surface area contributed by atoms with Gasteiger partial charge in [-0.3, -0.25) is 14.2 Å². The van der Waals surface area contributed by atoms with E-state index in [0.29, 0.717) is 33.1 Å². The van der Waals surface area contributed by atoms with Gasteiger partial charge < -0.3 is 11.1 Å². The molecule has 7 nitrogen and oxygen atoms in total. The lowest BCUT2D eigenvalue weighted by Gasteiger charge is -2.21. The van der Waals surface area contributed by atoms with E-state index >= 15 is 0 Å². The molecule has 2 heterocycles. The first kappa shape index (κ1) is 20.8. The zero-order chi connectivity index (χ0) is 22.1. The number of benzene rings is 2. The number of hydrogen-bond donors (Lipinski definition) is 2. The largest absolute Gasteiger partial charge is 0.375 e. The van der Waals surface area contributed by atoms with E-state index in [9.17, 15) is 9.59 Å². The second-order valence-corrected chi connectivity index (χ2v) is 7.66. The summed E-state index contributed by atoms with van der Waals surface area (Å²) in [6.07, 6.45) is 1.30. The standard InChI is InChI=1S/C22H17Cl2N5O2/c1-12(27-17-10-18(24)26-11-14(17)20(25)30)21-28-16-9-5-8-15(23)19(16)22(31)29(21)13-6-3-2-4-7-13/h2-12H,1H3,(H2,25,30)(H,26,27)/t12-/m0/s1. The summed E-state index contributed by atoms with van der Waals surface area (Å²) in [4.78, 5) is 33.9. The van der Waals surface area contributed by atoms with Crippen LogP contribution in [0.4, 0.5) is 5.69 Å². The van der Waals surface area contributed by atoms with Crippen molar-refractivity contribution in [1.29, 1.82) is 0 Å². The van der Waals surface area contributed by atoms with Crippen LogP contribution in [-0.2, 0) is 0 Å². The van der Waals surface area contributed by atoms with E-state index < -0.39 is 11.9 Å². The molecule has 156 valence electrons. The molecule has 1 atom stereocenters. The van der Waals surface area contributed by atoms with Gasteiger partial charge in [0.25, 0.3) is 11.5 Å². The highest BCUT2D eigenvalue weighted by Gasteiger charge is 2.21. The molecular formula is C22H17Cl2N5O2. The maximum atomic E-state index is 13.5. The average molecular weight is 454 g/mol. The van der Waals surface area contributed by atoms with E-state index in [0.717, 1.165) is 0 Å². The van der Waals surface area contributed by atoms with Crippen molar-refractivity contribution in [3.63, 3.8) is 0 Å². The Balaban J connectivity index is 1.92. The van der Waals surface area contributed by atoms with E-state index in [2.05, 4.69) is 10.3 Å². The predicted octanol–water partition coefficient (Wildman–Crippen LogP) is 4.36. The molecular weight excluding hydrogens is 437 g/mol. The Morgan fingerprint density at radius 2 is 1.87 bits per heavy atom. The van der Waals surface area contributed by atoms with Crippen molar-refractivity contribution in [2.45, 2.75) is 13.0 Å². The zero-order valence-corrected chi connectivity index (χ0v) is 17.9. The molecule has 0 spiro atoms. The van der Waals surface area contributed by atoms with Crippen LogP contribution in [0.2, 0.25) is 10.2 Å². The Morgan fingerprint density at radius 3 is 2.58 bits per heavy atom. The number of amides is 1. The van der Waals surface area contributed by atoms with Crippen LogP contribution in [0, 0.1) is 0 Å². The fraction of sp³-hybridized carbons (Fsp3) is 0.0909. The monoisotopic (exact) mass is 453 g/mol. The molecule has 31 heavy (non-hydrogen) atoms. The van der Waals surface area contributed by atoms with E-state index in [-0.39, 0.29) is 16.3 Å². The van der Waals surface area contributed by atoms with Crippen molar-refractivity contribution < 1.29 is 4.79 Å². The van der Waals surface area contributed by atoms with Crippen molar-refractivity contribution in [1.82, 2.24) is 14.5 Å². The summed E-state index contributed by atoms with van der Waals surface area (Å²) in [6, 6.07) is 15.2. The second-order valence-electron chi connectivity index (χ2n) is 6.86. The molecule has 9 heteroatoms. The summed E-state index contributed by atoms with van der Waals surface area (Å²) in [5.41, 5.74) is 6.83. The molecule has 0 saturated heterocycles. The van der Waals surface area contributed by atoms with Crippen molar-refractivity contribution in [2.24, 2.45) is 5.73 Å². The number of halogens is 2. The third-order valence-corrected chi connectivity index (χ3v) is 5.30. The van der Waals surface area contributed by atoms with Gasteiger partial charge in [-0.25, -0.2) is 9.97 Å². The summed E-state index contributed by atoms with van der Waals surface area (Å²) in [5, 5.41) is 4.03. The molecule has 0 aliphatic heterocycles. The first-order valence-electron chi connectivity index (χ1n) is 9.35. The van der Waals surface area contributed by atoms with Crippen LogP contribution in [-0.4, -0.2) is 20.4 Å². The fourth-order valence-electron chi connectivity index (χ4n) is 3.37. The van der Waals surface area contributed by atoms with Crippen molar-refractivity contribution in [3.05, 3.63) is 92.7 Å². The number of nitrogens with one attached hydrogen (secondary N) is 1. The summed E-state index contributed by atoms with van der Waals surface area (Å²) in [6.45, 7) is 1.82. The van der Waals surface area contributed by atoms with Crippen LogP contribution >= 0.6 is 23.2 Å². The van der Waals surface area contributed by atoms with E-state index in [1.807, 2.05) is 25.1 Å². The molecule has 0 aliphatic carbocycles. The quantitative estimate of drug-likeness (QED) is 0.437. The number of rotatable bonds is 5. The molecule has 0 bridgehead atoms. The molecule has 0 saturated carbocycles. The topological polar surface area (TPSA) is 103 Å². The summed E-state index contributed by atoms with van der Waals surface area (Å²) in [7, 11) is 0. The van der Waals surface area contributed by atoms with Gasteiger partial charge in [0.1, 0.15) is 11.0 Å². The molecule has 1 amide bonds. The van der Waals surface area contributed by atoms with Gasteiger partial charge in [0.05, 0.1) is 38.9 Å². The maximum absolute atomic E-state index is 13.5. The third-order valence-electron chi connectivity index (χ3n) is 4.78. The molecule has 0 fully saturated rings. The van der Waals surface area contributed by atoms with Crippen LogP contribution in [0.15, 0.2) is 65.6 Å². The SMILES string of the molecule is C[C@H](Nc1cc(Cl)ncc1C(N)=O)c1nc2cccc(Cl)c2c(=O)n1-c1ccccc1. The highest BCUT2D eigenvalue weighted by atomic mass is 35.5. The van der Waals surface area contributed by atoms with Crippen LogP contribution in [0.1, 0.15) is 29.1 Å². The van der Waals surface area contributed by atoms with Crippen molar-refractivity contribution in [2.75, 3.05) is 5.32 Å². The zero-order valence-electron chi connectivity index (χ0n) is 16.3. The summed E-state index contributed by atoms with van der Waals surface area (Å²) >= 11 is 12.3. The number of nitrogens with zero attached hydrogens (tertiary/aromatic N) is 3. The first-order chi connectivity index (χ1) is 14.9. The maximum Gasteiger partial charge on any atom is 0.267 e. The van der Waals surface area contributed by atoms with Crippen LogP contribution in [0.5, 0.6) is 0 Å². The van der Waals surface area contributed by atoms with Gasteiger partial charge in [0.15, 0.2) is 0 Å². The minimum absolute atomic E-state index is 0.175. The van der Waals surface area contributed by atoms with Gasteiger partial charge in [0.2, 0.25) is 0 Å². The number of hydrogen-bond acceptors (Lipinski definition) is 5. The molecule has 2 aromatic heterocycles. The van der Waals surface area contributed by atoms with Crippen molar-refractivity contribution in [3.8, 4) is 5.69 Å². The first-order valence-corrected chi connectivity index (χ1v) is 10.1. The van der Waals surface area contributed by atoms with Crippen LogP contribution in [0.25, 0.3) is 16.6 Å². The minimum Gasteiger partial charge on any atom is -0.375 e. The number of carbonyl (C=O) groups excluding carboxylic acids is 1. The van der Waals surface area contributed by atoms with Crippen LogP contribution in [0.3, 0.4) is 0 Å². The number of fused-ring (bicyclic) bond motifs is 1. The number of para-hydroxylation sites is 1. The number of carbonyl (C=O) groups is 1.